The van der Waals surface area contributed by atoms with Crippen molar-refractivity contribution in [1.82, 2.24) is 0 Å². The van der Waals surface area contributed by atoms with Crippen LogP contribution in [-0.4, -0.2) is 26.2 Å². The molecular formula is C22H20O4. The highest BCUT2D eigenvalue weighted by atomic mass is 16.5. The molecule has 0 fully saturated rings. The van der Waals surface area contributed by atoms with Crippen LogP contribution in [0.5, 0.6) is 0 Å². The number of rotatable bonds is 2. The van der Waals surface area contributed by atoms with Crippen molar-refractivity contribution in [2.24, 2.45) is 0 Å². The van der Waals surface area contributed by atoms with Gasteiger partial charge in [0.1, 0.15) is 0 Å². The number of carbonyl (C=O) groups is 2. The number of hydrogen-bond acceptors (Lipinski definition) is 4. The first-order valence-corrected chi connectivity index (χ1v) is 8.29. The van der Waals surface area contributed by atoms with E-state index in [2.05, 4.69) is 0 Å². The van der Waals surface area contributed by atoms with Gasteiger partial charge >= 0.3 is 11.9 Å². The van der Waals surface area contributed by atoms with Crippen LogP contribution in [0.4, 0.5) is 0 Å². The van der Waals surface area contributed by atoms with E-state index >= 15 is 0 Å². The normalized spacial score (nSPS) is 21.7. The van der Waals surface area contributed by atoms with Crippen molar-refractivity contribution in [1.29, 1.82) is 0 Å². The highest BCUT2D eigenvalue weighted by molar-refractivity contribution is 6.27. The summed E-state index contributed by atoms with van der Waals surface area (Å²) in [6.45, 7) is 3.74. The predicted molar refractivity (Wildman–Crippen MR) is 100 cm³/mol. The SMILES string of the molecule is COC(=O)C1=c2\cccc\c2=C(C)\C(C(=O)OC)=c2\cccc\c2=C\1C. The van der Waals surface area contributed by atoms with Gasteiger partial charge in [-0.2, -0.15) is 0 Å². The molecule has 2 aromatic rings. The maximum absolute atomic E-state index is 12.6. The number of ether oxygens (including phenoxy) is 2. The molecule has 4 heteroatoms. The number of methoxy groups -OCH3 is 2. The predicted octanol–water partition coefficient (Wildman–Crippen LogP) is 0.389. The molecule has 2 aromatic carbocycles. The van der Waals surface area contributed by atoms with Crippen molar-refractivity contribution in [3.8, 4) is 0 Å². The summed E-state index contributed by atoms with van der Waals surface area (Å²) in [5, 5.41) is 3.10. The van der Waals surface area contributed by atoms with Crippen LogP contribution >= 0.6 is 0 Å². The van der Waals surface area contributed by atoms with Gasteiger partial charge in [0.25, 0.3) is 0 Å². The summed E-state index contributed by atoms with van der Waals surface area (Å²) in [5.74, 6) is -0.807. The number of fused-ring (bicyclic) bond motifs is 2. The molecule has 0 aromatic heterocycles. The molecule has 0 spiro atoms. The van der Waals surface area contributed by atoms with Crippen molar-refractivity contribution in [2.45, 2.75) is 13.8 Å². The quantitative estimate of drug-likeness (QED) is 0.737. The van der Waals surface area contributed by atoms with Gasteiger partial charge in [-0.05, 0) is 45.9 Å². The van der Waals surface area contributed by atoms with Crippen LogP contribution in [-0.2, 0) is 19.1 Å². The van der Waals surface area contributed by atoms with E-state index in [0.29, 0.717) is 11.1 Å². The third-order valence-corrected chi connectivity index (χ3v) is 4.73. The molecule has 0 aliphatic heterocycles. The van der Waals surface area contributed by atoms with Crippen LogP contribution in [0, 0.1) is 0 Å². The van der Waals surface area contributed by atoms with Gasteiger partial charge in [0, 0.05) is 0 Å². The molecule has 0 radical (unpaired) electrons. The Labute approximate surface area is 151 Å². The summed E-state index contributed by atoms with van der Waals surface area (Å²) in [7, 11) is 2.75. The van der Waals surface area contributed by atoms with Gasteiger partial charge in [0.2, 0.25) is 0 Å². The van der Waals surface area contributed by atoms with E-state index in [4.69, 9.17) is 9.47 Å². The van der Waals surface area contributed by atoms with Crippen molar-refractivity contribution >= 4 is 34.2 Å². The standard InChI is InChI=1S/C22H20O4/c1-13-15-9-5-7-11-17(15)20(22(24)26-4)14(2)16-10-6-8-12-18(16)19(13)21(23)25-3/h5-12H,1-4H3/b15-13-,16-14-,19-13?,19-18+,20-14?,20-17+. The molecule has 0 saturated heterocycles. The minimum Gasteiger partial charge on any atom is -0.465 e. The van der Waals surface area contributed by atoms with Crippen molar-refractivity contribution in [3.05, 3.63) is 69.4 Å². The Balaban J connectivity index is 2.73. The van der Waals surface area contributed by atoms with E-state index in [1.165, 1.54) is 14.2 Å². The molecule has 0 unspecified atom stereocenters. The lowest BCUT2D eigenvalue weighted by Crippen LogP contribution is -2.40. The zero-order valence-electron chi connectivity index (χ0n) is 15.3. The zero-order chi connectivity index (χ0) is 18.8. The van der Waals surface area contributed by atoms with E-state index < -0.39 is 11.9 Å². The Kier molecular flexibility index (Phi) is 4.76. The maximum atomic E-state index is 12.6. The summed E-state index contributed by atoms with van der Waals surface area (Å²) >= 11 is 0. The zero-order valence-corrected chi connectivity index (χ0v) is 15.3. The van der Waals surface area contributed by atoms with Gasteiger partial charge < -0.3 is 9.47 Å². The summed E-state index contributed by atoms with van der Waals surface area (Å²) < 4.78 is 10.1. The summed E-state index contributed by atoms with van der Waals surface area (Å²) in [6, 6.07) is 15.1. The Bertz CT molecular complexity index is 1060. The second kappa shape index (κ2) is 7.00. The molecule has 0 heterocycles. The monoisotopic (exact) mass is 348 g/mol. The van der Waals surface area contributed by atoms with Crippen molar-refractivity contribution in [3.63, 3.8) is 0 Å². The van der Waals surface area contributed by atoms with E-state index in [1.54, 1.807) is 0 Å². The second-order valence-electron chi connectivity index (χ2n) is 6.07. The molecule has 0 bridgehead atoms. The molecule has 4 nitrogen and oxygen atoms in total. The van der Waals surface area contributed by atoms with Gasteiger partial charge in [0.05, 0.1) is 25.4 Å². The first kappa shape index (κ1) is 17.7. The molecule has 26 heavy (non-hydrogen) atoms. The van der Waals surface area contributed by atoms with E-state index in [0.717, 1.165) is 32.0 Å². The third kappa shape index (κ3) is 2.73. The topological polar surface area (TPSA) is 52.6 Å². The van der Waals surface area contributed by atoms with E-state index in [9.17, 15) is 9.59 Å². The Morgan fingerprint density at radius 3 is 1.23 bits per heavy atom. The Morgan fingerprint density at radius 1 is 0.615 bits per heavy atom. The first-order chi connectivity index (χ1) is 12.5. The molecule has 1 aliphatic carbocycles. The highest BCUT2D eigenvalue weighted by Crippen LogP contribution is 2.14. The van der Waals surface area contributed by atoms with Crippen molar-refractivity contribution < 1.29 is 19.1 Å². The second-order valence-corrected chi connectivity index (χ2v) is 6.07. The number of benzene rings is 2. The molecule has 0 amide bonds. The van der Waals surface area contributed by atoms with Gasteiger partial charge in [-0.3, -0.25) is 0 Å². The minimum absolute atomic E-state index is 0.404. The minimum atomic E-state index is -0.404. The Morgan fingerprint density at radius 2 is 0.923 bits per heavy atom. The van der Waals surface area contributed by atoms with Gasteiger partial charge in [-0.1, -0.05) is 48.5 Å². The molecule has 3 rings (SSSR count). The lowest BCUT2D eigenvalue weighted by atomic mass is 9.92. The third-order valence-electron chi connectivity index (χ3n) is 4.73. The van der Waals surface area contributed by atoms with Gasteiger partial charge in [-0.15, -0.1) is 0 Å². The number of hydrogen-bond donors (Lipinski definition) is 0. The van der Waals surface area contributed by atoms with Crippen LogP contribution in [0.25, 0.3) is 22.3 Å². The van der Waals surface area contributed by atoms with Crippen LogP contribution in [0.3, 0.4) is 0 Å². The lowest BCUT2D eigenvalue weighted by molar-refractivity contribution is -0.134. The Hall–Kier alpha value is -3.14. The molecular weight excluding hydrogens is 328 g/mol. The molecule has 132 valence electrons. The van der Waals surface area contributed by atoms with Crippen molar-refractivity contribution in [2.75, 3.05) is 14.2 Å². The van der Waals surface area contributed by atoms with Crippen LogP contribution in [0.15, 0.2) is 48.5 Å². The molecule has 0 N–H and O–H groups in total. The number of carbonyl (C=O) groups excluding carboxylic acids is 2. The molecule has 1 aliphatic rings. The van der Waals surface area contributed by atoms with Gasteiger partial charge in [0.15, 0.2) is 0 Å². The molecule has 0 atom stereocenters. The van der Waals surface area contributed by atoms with Crippen LogP contribution in [0.2, 0.25) is 0 Å². The van der Waals surface area contributed by atoms with E-state index in [1.807, 2.05) is 62.4 Å². The number of esters is 2. The smallest absolute Gasteiger partial charge is 0.338 e. The summed E-state index contributed by atoms with van der Waals surface area (Å²) in [6.07, 6.45) is 0. The lowest BCUT2D eigenvalue weighted by Gasteiger charge is -2.14. The van der Waals surface area contributed by atoms with Crippen LogP contribution in [0.1, 0.15) is 13.8 Å². The fourth-order valence-corrected chi connectivity index (χ4v) is 3.46. The molecule has 0 saturated carbocycles. The largest absolute Gasteiger partial charge is 0.465 e. The summed E-state index contributed by atoms with van der Waals surface area (Å²) in [4.78, 5) is 25.2. The average molecular weight is 348 g/mol. The highest BCUT2D eigenvalue weighted by Gasteiger charge is 2.21. The fraction of sp³-hybridized carbons (Fsp3) is 0.182. The summed E-state index contributed by atoms with van der Waals surface area (Å²) in [5.41, 5.74) is 2.51. The fourth-order valence-electron chi connectivity index (χ4n) is 3.46. The maximum Gasteiger partial charge on any atom is 0.338 e. The average Bonchev–Trinajstić information content (AvgIpc) is 2.67. The van der Waals surface area contributed by atoms with Crippen LogP contribution < -0.4 is 20.9 Å². The van der Waals surface area contributed by atoms with E-state index in [-0.39, 0.29) is 0 Å². The van der Waals surface area contributed by atoms with Gasteiger partial charge in [-0.25, -0.2) is 9.59 Å². The first-order valence-electron chi connectivity index (χ1n) is 8.29.